The molecule has 4 nitrogen and oxygen atoms in total. The molecule has 2 N–H and O–H groups in total. The number of aliphatic hydroxyl groups is 1. The average Bonchev–Trinajstić information content (AvgIpc) is 2.62. The molecule has 0 saturated heterocycles. The zero-order valence-electron chi connectivity index (χ0n) is 10.6. The molecule has 1 aromatic heterocycles. The Hall–Kier alpha value is -1.81. The van der Waals surface area contributed by atoms with Gasteiger partial charge in [-0.3, -0.25) is 0 Å². The van der Waals surface area contributed by atoms with Gasteiger partial charge in [-0.15, -0.1) is 0 Å². The molecule has 96 valence electrons. The molecule has 0 aliphatic rings. The van der Waals surface area contributed by atoms with Gasteiger partial charge in [0.25, 0.3) is 0 Å². The largest absolute Gasteiger partial charge is 0.478 e. The second-order valence-corrected chi connectivity index (χ2v) is 4.57. The van der Waals surface area contributed by atoms with Gasteiger partial charge in [0.05, 0.1) is 5.56 Å². The summed E-state index contributed by atoms with van der Waals surface area (Å²) in [5, 5.41) is 19.1. The number of aliphatic hydroxyl groups excluding tert-OH is 1. The lowest BCUT2D eigenvalue weighted by Gasteiger charge is -2.06. The standard InChI is InChI=1S/C14H17NO3/c1-9-6-11-10(2)8-15(4-3-5-16)13(11)7-12(9)14(17)18/h6-8,16H,3-5H2,1-2H3,(H,17,18). The molecule has 18 heavy (non-hydrogen) atoms. The Morgan fingerprint density at radius 2 is 2.00 bits per heavy atom. The normalized spacial score (nSPS) is 11.1. The molecular formula is C14H17NO3. The molecule has 1 heterocycles. The molecule has 0 aliphatic carbocycles. The minimum absolute atomic E-state index is 0.135. The molecule has 0 saturated carbocycles. The van der Waals surface area contributed by atoms with E-state index >= 15 is 0 Å². The third-order valence-electron chi connectivity index (χ3n) is 3.21. The Balaban J connectivity index is 2.60. The van der Waals surface area contributed by atoms with Crippen LogP contribution in [-0.2, 0) is 6.54 Å². The van der Waals surface area contributed by atoms with E-state index < -0.39 is 5.97 Å². The predicted octanol–water partition coefficient (Wildman–Crippen LogP) is 2.34. The van der Waals surface area contributed by atoms with Crippen LogP contribution < -0.4 is 0 Å². The number of fused-ring (bicyclic) bond motifs is 1. The van der Waals surface area contributed by atoms with E-state index in [4.69, 9.17) is 10.2 Å². The van der Waals surface area contributed by atoms with Gasteiger partial charge in [-0.25, -0.2) is 4.79 Å². The summed E-state index contributed by atoms with van der Waals surface area (Å²) in [5.74, 6) is -0.901. The second kappa shape index (κ2) is 4.82. The molecule has 1 aromatic carbocycles. The molecule has 0 amide bonds. The van der Waals surface area contributed by atoms with Crippen molar-refractivity contribution < 1.29 is 15.0 Å². The Morgan fingerprint density at radius 3 is 2.61 bits per heavy atom. The number of hydrogen-bond donors (Lipinski definition) is 2. The van der Waals surface area contributed by atoms with Gasteiger partial charge in [0.15, 0.2) is 0 Å². The zero-order valence-corrected chi connectivity index (χ0v) is 10.6. The monoisotopic (exact) mass is 247 g/mol. The van der Waals surface area contributed by atoms with Gasteiger partial charge < -0.3 is 14.8 Å². The van der Waals surface area contributed by atoms with Crippen molar-refractivity contribution in [3.05, 3.63) is 35.0 Å². The third-order valence-corrected chi connectivity index (χ3v) is 3.21. The predicted molar refractivity (Wildman–Crippen MR) is 70.1 cm³/mol. The Morgan fingerprint density at radius 1 is 1.28 bits per heavy atom. The maximum absolute atomic E-state index is 11.1. The summed E-state index contributed by atoms with van der Waals surface area (Å²) in [6.45, 7) is 4.66. The summed E-state index contributed by atoms with van der Waals surface area (Å²) in [6, 6.07) is 3.64. The first-order valence-electron chi connectivity index (χ1n) is 5.99. The molecule has 4 heteroatoms. The maximum atomic E-state index is 11.1. The van der Waals surface area contributed by atoms with Gasteiger partial charge in [0, 0.05) is 30.3 Å². The van der Waals surface area contributed by atoms with E-state index in [1.807, 2.05) is 30.7 Å². The highest BCUT2D eigenvalue weighted by Gasteiger charge is 2.12. The minimum Gasteiger partial charge on any atom is -0.478 e. The van der Waals surface area contributed by atoms with Gasteiger partial charge in [0.1, 0.15) is 0 Å². The van der Waals surface area contributed by atoms with Crippen molar-refractivity contribution in [1.29, 1.82) is 0 Å². The number of aromatic carboxylic acids is 1. The fourth-order valence-corrected chi connectivity index (χ4v) is 2.28. The number of carboxylic acid groups (broad SMARTS) is 1. The Bertz CT molecular complexity index is 599. The van der Waals surface area contributed by atoms with Crippen molar-refractivity contribution in [2.24, 2.45) is 0 Å². The van der Waals surface area contributed by atoms with Gasteiger partial charge >= 0.3 is 5.97 Å². The summed E-state index contributed by atoms with van der Waals surface area (Å²) in [7, 11) is 0. The van der Waals surface area contributed by atoms with Crippen LogP contribution in [0.1, 0.15) is 27.9 Å². The van der Waals surface area contributed by atoms with Crippen LogP contribution in [0.2, 0.25) is 0 Å². The van der Waals surface area contributed by atoms with Gasteiger partial charge in [-0.1, -0.05) is 0 Å². The zero-order chi connectivity index (χ0) is 13.3. The van der Waals surface area contributed by atoms with Crippen LogP contribution in [0.3, 0.4) is 0 Å². The van der Waals surface area contributed by atoms with Crippen molar-refractivity contribution in [1.82, 2.24) is 4.57 Å². The smallest absolute Gasteiger partial charge is 0.336 e. The van der Waals surface area contributed by atoms with Crippen LogP contribution in [-0.4, -0.2) is 27.4 Å². The molecule has 2 rings (SSSR count). The fourth-order valence-electron chi connectivity index (χ4n) is 2.28. The molecule has 0 bridgehead atoms. The second-order valence-electron chi connectivity index (χ2n) is 4.57. The van der Waals surface area contributed by atoms with Gasteiger partial charge in [-0.05, 0) is 43.5 Å². The van der Waals surface area contributed by atoms with Crippen molar-refractivity contribution in [2.45, 2.75) is 26.8 Å². The third kappa shape index (κ3) is 2.11. The molecular weight excluding hydrogens is 230 g/mol. The lowest BCUT2D eigenvalue weighted by molar-refractivity contribution is 0.0696. The molecule has 0 unspecified atom stereocenters. The van der Waals surface area contributed by atoms with Gasteiger partial charge in [-0.2, -0.15) is 0 Å². The average molecular weight is 247 g/mol. The highest BCUT2D eigenvalue weighted by molar-refractivity contribution is 5.96. The first-order chi connectivity index (χ1) is 8.54. The summed E-state index contributed by atoms with van der Waals surface area (Å²) >= 11 is 0. The van der Waals surface area contributed by atoms with E-state index in [1.165, 1.54) is 0 Å². The van der Waals surface area contributed by atoms with Crippen molar-refractivity contribution in [2.75, 3.05) is 6.61 Å². The topological polar surface area (TPSA) is 62.5 Å². The summed E-state index contributed by atoms with van der Waals surface area (Å²) in [5.41, 5.74) is 3.16. The lowest BCUT2D eigenvalue weighted by Crippen LogP contribution is -2.02. The number of carbonyl (C=O) groups is 1. The van der Waals surface area contributed by atoms with Crippen LogP contribution in [0.15, 0.2) is 18.3 Å². The molecule has 0 atom stereocenters. The van der Waals surface area contributed by atoms with E-state index in [0.29, 0.717) is 18.5 Å². The van der Waals surface area contributed by atoms with Crippen LogP contribution in [0.5, 0.6) is 0 Å². The number of carboxylic acids is 1. The Kier molecular flexibility index (Phi) is 3.39. The van der Waals surface area contributed by atoms with Crippen LogP contribution >= 0.6 is 0 Å². The molecule has 0 aliphatic heterocycles. The molecule has 0 radical (unpaired) electrons. The van der Waals surface area contributed by atoms with E-state index in [2.05, 4.69) is 0 Å². The van der Waals surface area contributed by atoms with E-state index in [9.17, 15) is 4.79 Å². The van der Waals surface area contributed by atoms with E-state index in [1.54, 1.807) is 6.07 Å². The molecule has 0 spiro atoms. The van der Waals surface area contributed by atoms with Crippen molar-refractivity contribution in [3.8, 4) is 0 Å². The molecule has 2 aromatic rings. The quantitative estimate of drug-likeness (QED) is 0.871. The highest BCUT2D eigenvalue weighted by Crippen LogP contribution is 2.25. The van der Waals surface area contributed by atoms with Crippen LogP contribution in [0, 0.1) is 13.8 Å². The van der Waals surface area contributed by atoms with E-state index in [-0.39, 0.29) is 6.61 Å². The number of aromatic nitrogens is 1. The number of hydrogen-bond acceptors (Lipinski definition) is 2. The number of aryl methyl sites for hydroxylation is 3. The number of benzene rings is 1. The van der Waals surface area contributed by atoms with Crippen molar-refractivity contribution in [3.63, 3.8) is 0 Å². The summed E-state index contributed by atoms with van der Waals surface area (Å²) in [4.78, 5) is 11.1. The highest BCUT2D eigenvalue weighted by atomic mass is 16.4. The molecule has 0 fully saturated rings. The van der Waals surface area contributed by atoms with Crippen LogP contribution in [0.25, 0.3) is 10.9 Å². The fraction of sp³-hybridized carbons (Fsp3) is 0.357. The number of nitrogens with zero attached hydrogens (tertiary/aromatic N) is 1. The minimum atomic E-state index is -0.901. The summed E-state index contributed by atoms with van der Waals surface area (Å²) in [6.07, 6.45) is 2.67. The van der Waals surface area contributed by atoms with Crippen molar-refractivity contribution >= 4 is 16.9 Å². The first kappa shape index (κ1) is 12.6. The number of rotatable bonds is 4. The Labute approximate surface area is 105 Å². The lowest BCUT2D eigenvalue weighted by atomic mass is 10.0. The van der Waals surface area contributed by atoms with E-state index in [0.717, 1.165) is 22.0 Å². The van der Waals surface area contributed by atoms with Gasteiger partial charge in [0.2, 0.25) is 0 Å². The first-order valence-corrected chi connectivity index (χ1v) is 5.99. The maximum Gasteiger partial charge on any atom is 0.336 e. The SMILES string of the molecule is Cc1cc2c(C)cn(CCCO)c2cc1C(=O)O. The van der Waals surface area contributed by atoms with Crippen LogP contribution in [0.4, 0.5) is 0 Å². The summed E-state index contributed by atoms with van der Waals surface area (Å²) < 4.78 is 2.01.